The molecule has 0 bridgehead atoms. The zero-order valence-corrected chi connectivity index (χ0v) is 15.2. The van der Waals surface area contributed by atoms with Crippen LogP contribution in [0.3, 0.4) is 0 Å². The molecule has 1 saturated carbocycles. The summed E-state index contributed by atoms with van der Waals surface area (Å²) in [5.41, 5.74) is 0.953. The van der Waals surface area contributed by atoms with Crippen LogP contribution >= 0.6 is 24.0 Å². The highest BCUT2D eigenvalue weighted by Crippen LogP contribution is 2.33. The van der Waals surface area contributed by atoms with Crippen molar-refractivity contribution < 1.29 is 9.59 Å². The van der Waals surface area contributed by atoms with Crippen LogP contribution in [-0.4, -0.2) is 30.9 Å². The van der Waals surface area contributed by atoms with Gasteiger partial charge in [-0.25, -0.2) is 0 Å². The second-order valence-corrected chi connectivity index (χ2v) is 6.78. The van der Waals surface area contributed by atoms with Gasteiger partial charge in [0.1, 0.15) is 0 Å². The molecule has 2 aliphatic rings. The van der Waals surface area contributed by atoms with Crippen LogP contribution in [0.1, 0.15) is 42.5 Å². The van der Waals surface area contributed by atoms with Crippen molar-refractivity contribution in [3.05, 3.63) is 28.8 Å². The molecule has 3 unspecified atom stereocenters. The summed E-state index contributed by atoms with van der Waals surface area (Å²) in [7, 11) is 1.55. The van der Waals surface area contributed by atoms with Gasteiger partial charge in [-0.3, -0.25) is 9.59 Å². The van der Waals surface area contributed by atoms with Gasteiger partial charge in [-0.15, -0.1) is 12.4 Å². The topological polar surface area (TPSA) is 70.2 Å². The van der Waals surface area contributed by atoms with E-state index in [4.69, 9.17) is 11.6 Å². The highest BCUT2D eigenvalue weighted by molar-refractivity contribution is 6.34. The van der Waals surface area contributed by atoms with Gasteiger partial charge in [0.25, 0.3) is 5.91 Å². The van der Waals surface area contributed by atoms with E-state index in [1.165, 1.54) is 19.3 Å². The van der Waals surface area contributed by atoms with E-state index in [-0.39, 0.29) is 30.3 Å². The van der Waals surface area contributed by atoms with Gasteiger partial charge in [0.05, 0.1) is 16.6 Å². The number of rotatable bonds is 3. The van der Waals surface area contributed by atoms with Gasteiger partial charge in [0.15, 0.2) is 0 Å². The van der Waals surface area contributed by atoms with Crippen LogP contribution in [0.25, 0.3) is 0 Å². The molecule has 1 aliphatic heterocycles. The Balaban J connectivity index is 0.00000208. The molecular weight excluding hydrogens is 349 g/mol. The third-order valence-corrected chi connectivity index (χ3v) is 5.21. The average molecular weight is 372 g/mol. The lowest BCUT2D eigenvalue weighted by molar-refractivity contribution is -0.117. The molecular formula is C17H23Cl2N3O2. The Bertz CT molecular complexity index is 610. The Morgan fingerprint density at radius 3 is 2.71 bits per heavy atom. The van der Waals surface area contributed by atoms with Crippen molar-refractivity contribution in [1.29, 1.82) is 0 Å². The maximum atomic E-state index is 12.5. The summed E-state index contributed by atoms with van der Waals surface area (Å²) in [5, 5.41) is 9.27. The normalized spacial score (nSPS) is 25.3. The molecule has 0 aromatic heterocycles. The highest BCUT2D eigenvalue weighted by atomic mass is 35.5. The Morgan fingerprint density at radius 2 is 2.00 bits per heavy atom. The standard InChI is InChI=1S/C17H22ClN3O2.ClH/c1-19-16(22)12-9-11(6-7-13(12)18)20-17(23)15-8-10-4-2-3-5-14(10)21-15;/h6-7,9-10,14-15,21H,2-5,8H2,1H3,(H,19,22)(H,20,23);1H. The van der Waals surface area contributed by atoms with E-state index in [2.05, 4.69) is 16.0 Å². The van der Waals surface area contributed by atoms with Gasteiger partial charge < -0.3 is 16.0 Å². The van der Waals surface area contributed by atoms with E-state index in [0.717, 1.165) is 12.8 Å². The predicted octanol–water partition coefficient (Wildman–Crippen LogP) is 2.98. The lowest BCUT2D eigenvalue weighted by atomic mass is 9.85. The predicted molar refractivity (Wildman–Crippen MR) is 98.0 cm³/mol. The minimum absolute atomic E-state index is 0. The minimum Gasteiger partial charge on any atom is -0.355 e. The first kappa shape index (κ1) is 19.0. The van der Waals surface area contributed by atoms with Crippen molar-refractivity contribution in [3.63, 3.8) is 0 Å². The van der Waals surface area contributed by atoms with Crippen LogP contribution in [0.2, 0.25) is 5.02 Å². The van der Waals surface area contributed by atoms with E-state index in [9.17, 15) is 9.59 Å². The highest BCUT2D eigenvalue weighted by Gasteiger charge is 2.38. The van der Waals surface area contributed by atoms with Crippen LogP contribution in [0, 0.1) is 5.92 Å². The number of benzene rings is 1. The monoisotopic (exact) mass is 371 g/mol. The molecule has 0 radical (unpaired) electrons. The molecule has 1 heterocycles. The van der Waals surface area contributed by atoms with Crippen molar-refractivity contribution in [3.8, 4) is 0 Å². The summed E-state index contributed by atoms with van der Waals surface area (Å²) >= 11 is 6.03. The van der Waals surface area contributed by atoms with Crippen LogP contribution < -0.4 is 16.0 Å². The van der Waals surface area contributed by atoms with Crippen LogP contribution in [-0.2, 0) is 4.79 Å². The summed E-state index contributed by atoms with van der Waals surface area (Å²) in [6.45, 7) is 0. The minimum atomic E-state index is -0.267. The number of carbonyl (C=O) groups is 2. The van der Waals surface area contributed by atoms with E-state index in [1.807, 2.05) is 0 Å². The SMILES string of the molecule is CNC(=O)c1cc(NC(=O)C2CC3CCCCC3N2)ccc1Cl.Cl. The van der Waals surface area contributed by atoms with Crippen molar-refractivity contribution in [2.45, 2.75) is 44.2 Å². The van der Waals surface area contributed by atoms with Gasteiger partial charge in [-0.05, 0) is 43.4 Å². The molecule has 2 fully saturated rings. The Morgan fingerprint density at radius 1 is 1.25 bits per heavy atom. The molecule has 7 heteroatoms. The molecule has 1 aromatic carbocycles. The molecule has 3 N–H and O–H groups in total. The molecule has 1 aromatic rings. The summed E-state index contributed by atoms with van der Waals surface area (Å²) in [6.07, 6.45) is 5.78. The summed E-state index contributed by atoms with van der Waals surface area (Å²) in [4.78, 5) is 24.3. The fourth-order valence-electron chi connectivity index (χ4n) is 3.66. The number of hydrogen-bond donors (Lipinski definition) is 3. The molecule has 3 rings (SSSR count). The Hall–Kier alpha value is -1.30. The van der Waals surface area contributed by atoms with E-state index in [1.54, 1.807) is 25.2 Å². The van der Waals surface area contributed by atoms with Crippen molar-refractivity contribution in [1.82, 2.24) is 10.6 Å². The summed E-state index contributed by atoms with van der Waals surface area (Å²) in [5.74, 6) is 0.312. The lowest BCUT2D eigenvalue weighted by Crippen LogP contribution is -2.39. The van der Waals surface area contributed by atoms with Crippen molar-refractivity contribution in [2.24, 2.45) is 5.92 Å². The quantitative estimate of drug-likeness (QED) is 0.764. The molecule has 1 saturated heterocycles. The fourth-order valence-corrected chi connectivity index (χ4v) is 3.87. The fraction of sp³-hybridized carbons (Fsp3) is 0.529. The van der Waals surface area contributed by atoms with E-state index in [0.29, 0.717) is 28.2 Å². The van der Waals surface area contributed by atoms with Gasteiger partial charge in [-0.2, -0.15) is 0 Å². The number of hydrogen-bond acceptors (Lipinski definition) is 3. The van der Waals surface area contributed by atoms with Gasteiger partial charge >= 0.3 is 0 Å². The lowest BCUT2D eigenvalue weighted by Gasteiger charge is -2.24. The third kappa shape index (κ3) is 4.02. The average Bonchev–Trinajstić information content (AvgIpc) is 3.00. The summed E-state index contributed by atoms with van der Waals surface area (Å²) < 4.78 is 0. The number of halogens is 2. The number of anilines is 1. The first-order valence-electron chi connectivity index (χ1n) is 8.17. The third-order valence-electron chi connectivity index (χ3n) is 4.88. The Labute approximate surface area is 153 Å². The first-order chi connectivity index (χ1) is 11.1. The molecule has 3 atom stereocenters. The van der Waals surface area contributed by atoms with Crippen LogP contribution in [0.4, 0.5) is 5.69 Å². The molecule has 2 amide bonds. The number of fused-ring (bicyclic) bond motifs is 1. The number of amides is 2. The van der Waals surface area contributed by atoms with E-state index < -0.39 is 0 Å². The summed E-state index contributed by atoms with van der Waals surface area (Å²) in [6, 6.07) is 5.28. The van der Waals surface area contributed by atoms with Gasteiger partial charge in [0.2, 0.25) is 5.91 Å². The molecule has 24 heavy (non-hydrogen) atoms. The first-order valence-corrected chi connectivity index (χ1v) is 8.55. The van der Waals surface area contributed by atoms with Crippen LogP contribution in [0.5, 0.6) is 0 Å². The van der Waals surface area contributed by atoms with E-state index >= 15 is 0 Å². The number of nitrogens with one attached hydrogen (secondary N) is 3. The van der Waals surface area contributed by atoms with Crippen molar-refractivity contribution in [2.75, 3.05) is 12.4 Å². The zero-order valence-electron chi connectivity index (χ0n) is 13.6. The second kappa shape index (κ2) is 8.19. The zero-order chi connectivity index (χ0) is 16.4. The maximum Gasteiger partial charge on any atom is 0.252 e. The molecule has 1 aliphatic carbocycles. The molecule has 0 spiro atoms. The Kier molecular flexibility index (Phi) is 6.49. The molecule has 132 valence electrons. The van der Waals surface area contributed by atoms with Crippen molar-refractivity contribution >= 4 is 41.5 Å². The van der Waals surface area contributed by atoms with Crippen LogP contribution in [0.15, 0.2) is 18.2 Å². The number of carbonyl (C=O) groups excluding carboxylic acids is 2. The maximum absolute atomic E-state index is 12.5. The largest absolute Gasteiger partial charge is 0.355 e. The smallest absolute Gasteiger partial charge is 0.252 e. The molecule has 5 nitrogen and oxygen atoms in total. The van der Waals surface area contributed by atoms with Gasteiger partial charge in [-0.1, -0.05) is 24.4 Å². The second-order valence-electron chi connectivity index (χ2n) is 6.37. The van der Waals surface area contributed by atoms with Gasteiger partial charge in [0, 0.05) is 18.8 Å².